The molecular formula is C35H35N7O4S. The maximum absolute atomic E-state index is 13.3. The Morgan fingerprint density at radius 1 is 0.957 bits per heavy atom. The van der Waals surface area contributed by atoms with Crippen molar-refractivity contribution < 1.29 is 19.7 Å². The van der Waals surface area contributed by atoms with Gasteiger partial charge in [-0.2, -0.15) is 5.10 Å². The fourth-order valence-corrected chi connectivity index (χ4v) is 5.86. The quantitative estimate of drug-likeness (QED) is 0.133. The van der Waals surface area contributed by atoms with Crippen LogP contribution in [0, 0.1) is 0 Å². The van der Waals surface area contributed by atoms with Gasteiger partial charge >= 0.3 is 6.03 Å². The molecule has 2 amide bonds. The topological polar surface area (TPSA) is 139 Å². The lowest BCUT2D eigenvalue weighted by Gasteiger charge is -2.14. The van der Waals surface area contributed by atoms with Crippen LogP contribution >= 0.6 is 11.8 Å². The van der Waals surface area contributed by atoms with Crippen LogP contribution in [-0.2, 0) is 12.0 Å². The van der Waals surface area contributed by atoms with Gasteiger partial charge in [0.05, 0.1) is 23.6 Å². The maximum Gasteiger partial charge on any atom is 0.320 e. The number of hydrogen-bond donors (Lipinski definition) is 4. The predicted octanol–water partition coefficient (Wildman–Crippen LogP) is 6.43. The Bertz CT molecular complexity index is 2030. The zero-order valence-electron chi connectivity index (χ0n) is 26.2. The van der Waals surface area contributed by atoms with Crippen LogP contribution in [0.5, 0.6) is 11.5 Å². The number of phenols is 1. The fourth-order valence-electron chi connectivity index (χ4n) is 4.89. The van der Waals surface area contributed by atoms with E-state index in [0.717, 1.165) is 21.0 Å². The number of aromatic nitrogens is 5. The number of aliphatic hydroxyl groups is 1. The van der Waals surface area contributed by atoms with Gasteiger partial charge in [-0.15, -0.1) is 10.2 Å². The molecule has 0 aliphatic rings. The summed E-state index contributed by atoms with van der Waals surface area (Å²) in [5.74, 6) is 1.78. The van der Waals surface area contributed by atoms with Gasteiger partial charge in [0, 0.05) is 40.1 Å². The highest BCUT2D eigenvalue weighted by atomic mass is 32.2. The molecule has 0 fully saturated rings. The number of nitrogens with zero attached hydrogens (tertiary/aromatic N) is 5. The van der Waals surface area contributed by atoms with E-state index in [1.807, 2.05) is 77.3 Å². The van der Waals surface area contributed by atoms with Crippen molar-refractivity contribution in [3.8, 4) is 28.6 Å². The van der Waals surface area contributed by atoms with Gasteiger partial charge < -0.3 is 20.3 Å². The van der Waals surface area contributed by atoms with Crippen LogP contribution in [0.1, 0.15) is 32.0 Å². The van der Waals surface area contributed by atoms with E-state index in [9.17, 15) is 9.90 Å². The molecule has 12 heteroatoms. The van der Waals surface area contributed by atoms with Crippen molar-refractivity contribution in [3.63, 3.8) is 0 Å². The lowest BCUT2D eigenvalue weighted by atomic mass is 9.92. The van der Waals surface area contributed by atoms with Crippen LogP contribution in [0.2, 0.25) is 0 Å². The number of urea groups is 1. The Morgan fingerprint density at radius 2 is 1.77 bits per heavy atom. The van der Waals surface area contributed by atoms with Gasteiger partial charge in [-0.1, -0.05) is 68.9 Å². The van der Waals surface area contributed by atoms with E-state index in [-0.39, 0.29) is 37.0 Å². The molecule has 11 nitrogen and oxygen atoms in total. The Morgan fingerprint density at radius 3 is 2.57 bits per heavy atom. The third-order valence-corrected chi connectivity index (χ3v) is 8.40. The summed E-state index contributed by atoms with van der Waals surface area (Å²) in [5.41, 5.74) is 3.47. The predicted molar refractivity (Wildman–Crippen MR) is 181 cm³/mol. The van der Waals surface area contributed by atoms with E-state index in [0.29, 0.717) is 34.3 Å². The van der Waals surface area contributed by atoms with Crippen LogP contribution in [0.15, 0.2) is 107 Å². The molecule has 0 bridgehead atoms. The standard InChI is InChI=1S/C35H35N7O4S/c1-35(2,3)30-20-32(42(40-30)24-10-8-11-25(19-24)46-18-17-43)37-34(45)36-21-23-9-4-7-14-29(23)47-26-15-16-31-38-39-33(41(31)22-26)27-12-5-6-13-28(27)44/h4-16,19-20,22,43-44H,17-18,21H2,1-3H3,(H2,36,37,45). The number of para-hydroxylation sites is 1. The molecule has 0 radical (unpaired) electrons. The zero-order chi connectivity index (χ0) is 33.0. The number of hydrogen-bond acceptors (Lipinski definition) is 8. The first-order valence-electron chi connectivity index (χ1n) is 15.1. The molecule has 47 heavy (non-hydrogen) atoms. The smallest absolute Gasteiger partial charge is 0.320 e. The SMILES string of the molecule is CC(C)(C)c1cc(NC(=O)NCc2ccccc2Sc2ccc3nnc(-c4ccccc4O)n3c2)n(-c2cccc(OCCO)c2)n1. The normalized spacial score (nSPS) is 11.5. The molecule has 0 aliphatic heterocycles. The van der Waals surface area contributed by atoms with Crippen molar-refractivity contribution in [2.45, 2.75) is 42.5 Å². The number of phenolic OH excluding ortho intramolecular Hbond substituents is 1. The van der Waals surface area contributed by atoms with Crippen molar-refractivity contribution in [2.24, 2.45) is 0 Å². The van der Waals surface area contributed by atoms with Crippen molar-refractivity contribution in [1.82, 2.24) is 29.7 Å². The van der Waals surface area contributed by atoms with E-state index < -0.39 is 0 Å². The largest absolute Gasteiger partial charge is 0.507 e. The number of rotatable bonds is 10. The summed E-state index contributed by atoms with van der Waals surface area (Å²) in [4.78, 5) is 15.2. The maximum atomic E-state index is 13.3. The highest BCUT2D eigenvalue weighted by molar-refractivity contribution is 7.99. The zero-order valence-corrected chi connectivity index (χ0v) is 27.0. The molecule has 0 aliphatic carbocycles. The van der Waals surface area contributed by atoms with Crippen molar-refractivity contribution in [2.75, 3.05) is 18.5 Å². The van der Waals surface area contributed by atoms with Crippen LogP contribution < -0.4 is 15.4 Å². The van der Waals surface area contributed by atoms with E-state index in [1.165, 1.54) is 0 Å². The van der Waals surface area contributed by atoms with Gasteiger partial charge in [0.25, 0.3) is 0 Å². The van der Waals surface area contributed by atoms with Gasteiger partial charge in [0.15, 0.2) is 11.5 Å². The summed E-state index contributed by atoms with van der Waals surface area (Å²) < 4.78 is 9.13. The number of aromatic hydroxyl groups is 1. The van der Waals surface area contributed by atoms with Crippen LogP contribution in [0.25, 0.3) is 22.7 Å². The molecule has 0 unspecified atom stereocenters. The average molecular weight is 650 g/mol. The molecular weight excluding hydrogens is 614 g/mol. The van der Waals surface area contributed by atoms with Gasteiger partial charge in [0.1, 0.15) is 23.9 Å². The number of benzene rings is 3. The lowest BCUT2D eigenvalue weighted by molar-refractivity contribution is 0.201. The molecule has 0 spiro atoms. The second kappa shape index (κ2) is 13.6. The highest BCUT2D eigenvalue weighted by Crippen LogP contribution is 2.33. The minimum Gasteiger partial charge on any atom is -0.507 e. The van der Waals surface area contributed by atoms with E-state index in [2.05, 4.69) is 41.6 Å². The molecule has 6 aromatic rings. The first kappa shape index (κ1) is 31.6. The fraction of sp³-hybridized carbons (Fsp3) is 0.200. The number of anilines is 1. The molecule has 3 aromatic carbocycles. The molecule has 0 atom stereocenters. The summed E-state index contributed by atoms with van der Waals surface area (Å²) in [6, 6.07) is 27.6. The third kappa shape index (κ3) is 7.24. The van der Waals surface area contributed by atoms with Gasteiger partial charge in [-0.25, -0.2) is 9.48 Å². The molecule has 3 aromatic heterocycles. The molecule has 4 N–H and O–H groups in total. The Hall–Kier alpha value is -5.33. The number of carbonyl (C=O) groups is 1. The van der Waals surface area contributed by atoms with E-state index in [1.54, 1.807) is 40.7 Å². The first-order chi connectivity index (χ1) is 22.7. The number of carbonyl (C=O) groups excluding carboxylic acids is 1. The number of fused-ring (bicyclic) bond motifs is 1. The Balaban J connectivity index is 1.19. The van der Waals surface area contributed by atoms with Gasteiger partial charge in [-0.05, 0) is 48.0 Å². The summed E-state index contributed by atoms with van der Waals surface area (Å²) in [5, 5.41) is 38.9. The monoisotopic (exact) mass is 649 g/mol. The van der Waals surface area contributed by atoms with E-state index in [4.69, 9.17) is 14.9 Å². The van der Waals surface area contributed by atoms with Gasteiger partial charge in [0.2, 0.25) is 0 Å². The molecule has 240 valence electrons. The van der Waals surface area contributed by atoms with E-state index >= 15 is 0 Å². The number of ether oxygens (including phenoxy) is 1. The third-order valence-electron chi connectivity index (χ3n) is 7.30. The minimum absolute atomic E-state index is 0.0906. The minimum atomic E-state index is -0.377. The summed E-state index contributed by atoms with van der Waals surface area (Å²) in [7, 11) is 0. The Kier molecular flexibility index (Phi) is 9.14. The van der Waals surface area contributed by atoms with Crippen LogP contribution in [-0.4, -0.2) is 53.8 Å². The molecule has 6 rings (SSSR count). The number of nitrogens with one attached hydrogen (secondary N) is 2. The summed E-state index contributed by atoms with van der Waals surface area (Å²) in [6.45, 7) is 6.56. The van der Waals surface area contributed by atoms with Gasteiger partial charge in [-0.3, -0.25) is 9.72 Å². The molecule has 3 heterocycles. The average Bonchev–Trinajstić information content (AvgIpc) is 3.68. The van der Waals surface area contributed by atoms with Crippen molar-refractivity contribution in [3.05, 3.63) is 108 Å². The second-order valence-electron chi connectivity index (χ2n) is 11.8. The molecule has 0 saturated heterocycles. The Labute approximate surface area is 276 Å². The summed E-state index contributed by atoms with van der Waals surface area (Å²) >= 11 is 1.56. The number of amides is 2. The van der Waals surface area contributed by atoms with Crippen LogP contribution in [0.3, 0.4) is 0 Å². The summed E-state index contributed by atoms with van der Waals surface area (Å²) in [6.07, 6.45) is 1.94. The highest BCUT2D eigenvalue weighted by Gasteiger charge is 2.22. The molecule has 0 saturated carbocycles. The van der Waals surface area contributed by atoms with Crippen molar-refractivity contribution >= 4 is 29.3 Å². The number of pyridine rings is 1. The second-order valence-corrected chi connectivity index (χ2v) is 12.9. The first-order valence-corrected chi connectivity index (χ1v) is 15.9. The lowest BCUT2D eigenvalue weighted by Crippen LogP contribution is -2.29. The van der Waals surface area contributed by atoms with Crippen molar-refractivity contribution in [1.29, 1.82) is 0 Å². The van der Waals surface area contributed by atoms with Crippen LogP contribution in [0.4, 0.5) is 10.6 Å². The number of aliphatic hydroxyl groups excluding tert-OH is 1.